The molecule has 0 aliphatic rings. The normalized spacial score (nSPS) is 11.4. The summed E-state index contributed by atoms with van der Waals surface area (Å²) in [6, 6.07) is 12.8. The Kier molecular flexibility index (Phi) is 4.77. The number of benzene rings is 2. The monoisotopic (exact) mass is 287 g/mol. The molecule has 2 aromatic rings. The second-order valence-electron chi connectivity index (χ2n) is 4.67. The number of halogens is 1. The van der Waals surface area contributed by atoms with Crippen molar-refractivity contribution in [2.24, 2.45) is 10.9 Å². The number of nitrogens with zero attached hydrogens (tertiary/aromatic N) is 1. The molecule has 0 atom stereocenters. The van der Waals surface area contributed by atoms with Crippen LogP contribution in [0.1, 0.15) is 23.6 Å². The van der Waals surface area contributed by atoms with Gasteiger partial charge in [-0.15, -0.1) is 0 Å². The van der Waals surface area contributed by atoms with E-state index in [1.165, 1.54) is 11.6 Å². The fourth-order valence-electron chi connectivity index (χ4n) is 2.02. The molecule has 0 aliphatic carbocycles. The van der Waals surface area contributed by atoms with Crippen LogP contribution in [0.5, 0.6) is 0 Å². The van der Waals surface area contributed by atoms with Gasteiger partial charge in [-0.25, -0.2) is 4.39 Å². The zero-order valence-corrected chi connectivity index (χ0v) is 11.8. The molecule has 0 aromatic heterocycles. The lowest BCUT2D eigenvalue weighted by Crippen LogP contribution is -2.16. The van der Waals surface area contributed by atoms with Crippen LogP contribution in [0, 0.1) is 5.82 Å². The number of nitrogens with two attached hydrogens (primary N) is 1. The Labute approximate surface area is 123 Å². The van der Waals surface area contributed by atoms with Gasteiger partial charge in [-0.2, -0.15) is 0 Å². The summed E-state index contributed by atoms with van der Waals surface area (Å²) in [6.07, 6.45) is 0.983. The third-order valence-electron chi connectivity index (χ3n) is 3.31. The zero-order valence-electron chi connectivity index (χ0n) is 11.8. The van der Waals surface area contributed by atoms with Crippen molar-refractivity contribution in [3.63, 3.8) is 0 Å². The molecule has 0 heterocycles. The van der Waals surface area contributed by atoms with Gasteiger partial charge < -0.3 is 16.3 Å². The average Bonchev–Trinajstić information content (AvgIpc) is 2.53. The van der Waals surface area contributed by atoms with E-state index in [0.29, 0.717) is 12.1 Å². The van der Waals surface area contributed by atoms with Gasteiger partial charge in [-0.1, -0.05) is 36.3 Å². The number of hydrogen-bond acceptors (Lipinski definition) is 3. The van der Waals surface area contributed by atoms with E-state index in [1.807, 2.05) is 24.3 Å². The average molecular weight is 287 g/mol. The Balaban J connectivity index is 2.12. The van der Waals surface area contributed by atoms with E-state index in [2.05, 4.69) is 17.4 Å². The van der Waals surface area contributed by atoms with E-state index < -0.39 is 5.82 Å². The van der Waals surface area contributed by atoms with Crippen LogP contribution in [0.25, 0.3) is 0 Å². The summed E-state index contributed by atoms with van der Waals surface area (Å²) in [5.41, 5.74) is 8.16. The summed E-state index contributed by atoms with van der Waals surface area (Å²) in [5, 5.41) is 14.6. The largest absolute Gasteiger partial charge is 0.409 e. The van der Waals surface area contributed by atoms with Gasteiger partial charge in [0.15, 0.2) is 5.84 Å². The molecular formula is C16H18FN3O. The van der Waals surface area contributed by atoms with Crippen molar-refractivity contribution in [1.29, 1.82) is 0 Å². The smallest absolute Gasteiger partial charge is 0.173 e. The van der Waals surface area contributed by atoms with Crippen LogP contribution in [-0.2, 0) is 13.0 Å². The molecule has 4 N–H and O–H groups in total. The van der Waals surface area contributed by atoms with Crippen LogP contribution in [0.2, 0.25) is 0 Å². The zero-order chi connectivity index (χ0) is 15.2. The van der Waals surface area contributed by atoms with E-state index >= 15 is 0 Å². The highest BCUT2D eigenvalue weighted by atomic mass is 19.1. The molecule has 2 rings (SSSR count). The summed E-state index contributed by atoms with van der Waals surface area (Å²) < 4.78 is 14.2. The van der Waals surface area contributed by atoms with Crippen molar-refractivity contribution in [2.75, 3.05) is 5.32 Å². The Morgan fingerprint density at radius 3 is 2.57 bits per heavy atom. The van der Waals surface area contributed by atoms with Crippen molar-refractivity contribution >= 4 is 11.5 Å². The van der Waals surface area contributed by atoms with Gasteiger partial charge in [0.1, 0.15) is 5.82 Å². The second kappa shape index (κ2) is 6.74. The minimum atomic E-state index is -0.481. The number of aryl methyl sites for hydroxylation is 1. The molecular weight excluding hydrogens is 269 g/mol. The molecule has 0 fully saturated rings. The number of amidine groups is 1. The van der Waals surface area contributed by atoms with Crippen LogP contribution in [0.15, 0.2) is 47.6 Å². The first-order chi connectivity index (χ1) is 10.2. The molecule has 5 heteroatoms. The number of nitrogens with one attached hydrogen (secondary N) is 1. The maximum absolute atomic E-state index is 14.2. The molecule has 0 amide bonds. The molecule has 21 heavy (non-hydrogen) atoms. The van der Waals surface area contributed by atoms with Gasteiger partial charge in [0.05, 0.1) is 5.56 Å². The van der Waals surface area contributed by atoms with Crippen molar-refractivity contribution in [3.8, 4) is 0 Å². The van der Waals surface area contributed by atoms with Crippen molar-refractivity contribution in [2.45, 2.75) is 19.9 Å². The van der Waals surface area contributed by atoms with Gasteiger partial charge in [0.2, 0.25) is 0 Å². The summed E-state index contributed by atoms with van der Waals surface area (Å²) in [7, 11) is 0. The number of hydrogen-bond donors (Lipinski definition) is 3. The second-order valence-corrected chi connectivity index (χ2v) is 4.67. The van der Waals surface area contributed by atoms with Crippen molar-refractivity contribution in [1.82, 2.24) is 0 Å². The highest BCUT2D eigenvalue weighted by Gasteiger charge is 2.11. The molecule has 0 unspecified atom stereocenters. The molecule has 0 aliphatic heterocycles. The fourth-order valence-corrected chi connectivity index (χ4v) is 2.02. The minimum absolute atomic E-state index is 0.0955. The maximum Gasteiger partial charge on any atom is 0.173 e. The van der Waals surface area contributed by atoms with Gasteiger partial charge in [-0.3, -0.25) is 0 Å². The van der Waals surface area contributed by atoms with E-state index in [0.717, 1.165) is 12.1 Å². The Hall–Kier alpha value is -2.56. The number of anilines is 1. The maximum atomic E-state index is 14.2. The SMILES string of the molecule is CCc1ccc(NCc2cccc(/C(N)=N/O)c2F)cc1. The van der Waals surface area contributed by atoms with Crippen LogP contribution in [0.3, 0.4) is 0 Å². The third-order valence-corrected chi connectivity index (χ3v) is 3.31. The lowest BCUT2D eigenvalue weighted by Gasteiger charge is -2.10. The van der Waals surface area contributed by atoms with E-state index in [1.54, 1.807) is 12.1 Å². The molecule has 110 valence electrons. The van der Waals surface area contributed by atoms with Gasteiger partial charge in [-0.05, 0) is 30.2 Å². The standard InChI is InChI=1S/C16H18FN3O/c1-2-11-6-8-13(9-7-11)19-10-12-4-3-5-14(15(12)17)16(18)20-21/h3-9,19,21H,2,10H2,1H3,(H2,18,20). The first kappa shape index (κ1) is 14.8. The number of oxime groups is 1. The molecule has 0 bridgehead atoms. The first-order valence-corrected chi connectivity index (χ1v) is 6.73. The molecule has 0 saturated carbocycles. The highest BCUT2D eigenvalue weighted by Crippen LogP contribution is 2.16. The van der Waals surface area contributed by atoms with Gasteiger partial charge in [0, 0.05) is 17.8 Å². The van der Waals surface area contributed by atoms with Crippen LogP contribution in [0.4, 0.5) is 10.1 Å². The molecule has 0 radical (unpaired) electrons. The van der Waals surface area contributed by atoms with E-state index in [4.69, 9.17) is 10.9 Å². The molecule has 0 saturated heterocycles. The molecule has 2 aromatic carbocycles. The Bertz CT molecular complexity index is 638. The lowest BCUT2D eigenvalue weighted by atomic mass is 10.1. The van der Waals surface area contributed by atoms with Crippen LogP contribution in [-0.4, -0.2) is 11.0 Å². The van der Waals surface area contributed by atoms with Crippen LogP contribution < -0.4 is 11.1 Å². The Morgan fingerprint density at radius 1 is 1.24 bits per heavy atom. The molecule has 0 spiro atoms. The third kappa shape index (κ3) is 3.51. The predicted octanol–water partition coefficient (Wildman–Crippen LogP) is 3.09. The Morgan fingerprint density at radius 2 is 1.95 bits per heavy atom. The summed E-state index contributed by atoms with van der Waals surface area (Å²) in [5.74, 6) is -0.716. The number of rotatable bonds is 5. The topological polar surface area (TPSA) is 70.6 Å². The van der Waals surface area contributed by atoms with Gasteiger partial charge in [0.25, 0.3) is 0 Å². The van der Waals surface area contributed by atoms with Crippen molar-refractivity contribution in [3.05, 3.63) is 65.0 Å². The molecule has 4 nitrogen and oxygen atoms in total. The highest BCUT2D eigenvalue weighted by molar-refractivity contribution is 5.97. The fraction of sp³-hybridized carbons (Fsp3) is 0.188. The quantitative estimate of drug-likeness (QED) is 0.342. The van der Waals surface area contributed by atoms with Gasteiger partial charge >= 0.3 is 0 Å². The minimum Gasteiger partial charge on any atom is -0.409 e. The van der Waals surface area contributed by atoms with E-state index in [9.17, 15) is 4.39 Å². The first-order valence-electron chi connectivity index (χ1n) is 6.73. The van der Waals surface area contributed by atoms with E-state index in [-0.39, 0.29) is 11.4 Å². The van der Waals surface area contributed by atoms with Crippen molar-refractivity contribution < 1.29 is 9.60 Å². The predicted molar refractivity (Wildman–Crippen MR) is 82.1 cm³/mol. The summed E-state index contributed by atoms with van der Waals surface area (Å²) in [4.78, 5) is 0. The summed E-state index contributed by atoms with van der Waals surface area (Å²) in [6.45, 7) is 2.42. The lowest BCUT2D eigenvalue weighted by molar-refractivity contribution is 0.318. The summed E-state index contributed by atoms with van der Waals surface area (Å²) >= 11 is 0. The van der Waals surface area contributed by atoms with Crippen LogP contribution >= 0.6 is 0 Å².